The van der Waals surface area contributed by atoms with Gasteiger partial charge in [0.1, 0.15) is 5.76 Å². The van der Waals surface area contributed by atoms with Gasteiger partial charge in [0.2, 0.25) is 5.91 Å². The highest BCUT2D eigenvalue weighted by molar-refractivity contribution is 5.79. The first-order valence-electron chi connectivity index (χ1n) is 12.3. The molecule has 162 valence electrons. The Morgan fingerprint density at radius 2 is 1.90 bits per heavy atom. The second kappa shape index (κ2) is 9.13. The Labute approximate surface area is 180 Å². The molecule has 0 aromatic carbocycles. The second-order valence-electron chi connectivity index (χ2n) is 9.92. The molecule has 3 aliphatic carbocycles. The van der Waals surface area contributed by atoms with Gasteiger partial charge in [0.05, 0.1) is 6.26 Å². The molecule has 2 aliphatic heterocycles. The molecule has 4 heteroatoms. The van der Waals surface area contributed by atoms with Gasteiger partial charge in [-0.1, -0.05) is 25.0 Å². The van der Waals surface area contributed by atoms with Crippen LogP contribution < -0.4 is 5.32 Å². The van der Waals surface area contributed by atoms with Crippen LogP contribution in [0.2, 0.25) is 0 Å². The maximum absolute atomic E-state index is 12.2. The van der Waals surface area contributed by atoms with Crippen molar-refractivity contribution in [1.29, 1.82) is 0 Å². The van der Waals surface area contributed by atoms with Crippen molar-refractivity contribution >= 4 is 5.91 Å². The van der Waals surface area contributed by atoms with Crippen LogP contribution in [0, 0.1) is 11.8 Å². The van der Waals surface area contributed by atoms with E-state index in [1.807, 2.05) is 12.3 Å². The number of nitrogens with one attached hydrogen (secondary N) is 1. The van der Waals surface area contributed by atoms with Gasteiger partial charge < -0.3 is 9.73 Å². The number of fused-ring (bicyclic) bond motifs is 1. The number of carbonyl (C=O) groups excluding carboxylic acids is 1. The van der Waals surface area contributed by atoms with Crippen molar-refractivity contribution in [3.05, 3.63) is 36.1 Å². The first kappa shape index (κ1) is 20.1. The molecule has 1 unspecified atom stereocenters. The number of nitrogens with zero attached hydrogens (tertiary/aromatic N) is 1. The maximum atomic E-state index is 12.2. The van der Waals surface area contributed by atoms with Crippen molar-refractivity contribution < 1.29 is 9.21 Å². The van der Waals surface area contributed by atoms with Crippen LogP contribution >= 0.6 is 0 Å². The van der Waals surface area contributed by atoms with E-state index in [2.05, 4.69) is 28.4 Å². The van der Waals surface area contributed by atoms with Gasteiger partial charge in [-0.2, -0.15) is 0 Å². The molecule has 1 N–H and O–H groups in total. The molecule has 0 aromatic rings. The minimum Gasteiger partial charge on any atom is -0.464 e. The highest BCUT2D eigenvalue weighted by Gasteiger charge is 2.30. The Kier molecular flexibility index (Phi) is 6.12. The molecule has 1 saturated heterocycles. The van der Waals surface area contributed by atoms with Crippen LogP contribution in [0.4, 0.5) is 0 Å². The number of hydrogen-bond acceptors (Lipinski definition) is 3. The van der Waals surface area contributed by atoms with E-state index in [4.69, 9.17) is 4.42 Å². The standard InChI is InChI=1S/C26H36N2O2/c29-26(20-5-3-6-20)27-23-12-10-19(11-13-23)14-16-28-15-2-1-8-24(28)22-17-21-7-4-9-25(21)30-18-22/h4,7,9,17-20,23-24H,1-3,5-6,8,10-16H2,(H,27,29)/t19-,23-,24?. The van der Waals surface area contributed by atoms with E-state index in [0.29, 0.717) is 23.9 Å². The van der Waals surface area contributed by atoms with Crippen molar-refractivity contribution in [2.75, 3.05) is 13.1 Å². The lowest BCUT2D eigenvalue weighted by Gasteiger charge is -2.38. The van der Waals surface area contributed by atoms with Crippen LogP contribution in [-0.4, -0.2) is 29.9 Å². The molecule has 0 bridgehead atoms. The van der Waals surface area contributed by atoms with E-state index >= 15 is 0 Å². The van der Waals surface area contributed by atoms with E-state index in [0.717, 1.165) is 24.5 Å². The summed E-state index contributed by atoms with van der Waals surface area (Å²) < 4.78 is 5.89. The normalized spacial score (nSPS) is 28.3. The highest BCUT2D eigenvalue weighted by atomic mass is 16.3. The van der Waals surface area contributed by atoms with E-state index in [1.54, 1.807) is 0 Å². The average molecular weight is 409 g/mol. The smallest absolute Gasteiger partial charge is 0.223 e. The third-order valence-electron chi connectivity index (χ3n) is 7.94. The fourth-order valence-electron chi connectivity index (χ4n) is 5.73. The van der Waals surface area contributed by atoms with Crippen LogP contribution in [0.15, 0.2) is 34.9 Å². The zero-order valence-corrected chi connectivity index (χ0v) is 18.2. The predicted octanol–water partition coefficient (Wildman–Crippen LogP) is 5.78. The van der Waals surface area contributed by atoms with E-state index in [-0.39, 0.29) is 0 Å². The zero-order valence-electron chi connectivity index (χ0n) is 18.2. The number of carbonyl (C=O) groups is 1. The zero-order chi connectivity index (χ0) is 20.3. The van der Waals surface area contributed by atoms with Crippen molar-refractivity contribution in [2.45, 2.75) is 82.7 Å². The van der Waals surface area contributed by atoms with Crippen LogP contribution in [0.3, 0.4) is 0 Å². The molecule has 2 heterocycles. The van der Waals surface area contributed by atoms with Gasteiger partial charge in [-0.05, 0) is 88.9 Å². The number of piperidine rings is 1. The summed E-state index contributed by atoms with van der Waals surface area (Å²) in [6.45, 7) is 2.39. The molecule has 0 spiro atoms. The summed E-state index contributed by atoms with van der Waals surface area (Å²) in [5.41, 5.74) is 2.57. The Hall–Kier alpha value is -1.81. The molecule has 5 rings (SSSR count). The van der Waals surface area contributed by atoms with Crippen LogP contribution in [0.1, 0.15) is 82.2 Å². The van der Waals surface area contributed by atoms with Crippen LogP contribution in [0.5, 0.6) is 0 Å². The molecule has 4 nitrogen and oxygen atoms in total. The third-order valence-corrected chi connectivity index (χ3v) is 7.94. The van der Waals surface area contributed by atoms with E-state index in [9.17, 15) is 4.79 Å². The molecule has 2 saturated carbocycles. The summed E-state index contributed by atoms with van der Waals surface area (Å²) in [5.74, 6) is 2.44. The molecule has 3 fully saturated rings. The number of rotatable bonds is 6. The Morgan fingerprint density at radius 1 is 1.03 bits per heavy atom. The summed E-state index contributed by atoms with van der Waals surface area (Å²) in [7, 11) is 0. The summed E-state index contributed by atoms with van der Waals surface area (Å²) in [6, 6.07) is 9.52. The topological polar surface area (TPSA) is 45.5 Å². The molecule has 5 aliphatic rings. The van der Waals surface area contributed by atoms with Crippen molar-refractivity contribution in [1.82, 2.24) is 10.2 Å². The van der Waals surface area contributed by atoms with Crippen LogP contribution in [0.25, 0.3) is 11.3 Å². The third kappa shape index (κ3) is 4.44. The quantitative estimate of drug-likeness (QED) is 0.659. The minimum absolute atomic E-state index is 0.318. The highest BCUT2D eigenvalue weighted by Crippen LogP contribution is 2.36. The van der Waals surface area contributed by atoms with Crippen LogP contribution in [-0.2, 0) is 4.79 Å². The molecule has 1 atom stereocenters. The molecular weight excluding hydrogens is 372 g/mol. The van der Waals surface area contributed by atoms with Gasteiger partial charge in [-0.25, -0.2) is 0 Å². The second-order valence-corrected chi connectivity index (χ2v) is 9.92. The lowest BCUT2D eigenvalue weighted by Crippen LogP contribution is -2.43. The van der Waals surface area contributed by atoms with Gasteiger partial charge in [-0.3, -0.25) is 9.69 Å². The summed E-state index contributed by atoms with van der Waals surface area (Å²) >= 11 is 0. The van der Waals surface area contributed by atoms with E-state index in [1.165, 1.54) is 82.0 Å². The average Bonchev–Trinajstić information content (AvgIpc) is 3.20. The fourth-order valence-corrected chi connectivity index (χ4v) is 5.73. The molecule has 30 heavy (non-hydrogen) atoms. The largest absolute Gasteiger partial charge is 0.464 e. The van der Waals surface area contributed by atoms with Gasteiger partial charge in [0.25, 0.3) is 0 Å². The first-order valence-corrected chi connectivity index (χ1v) is 12.3. The van der Waals surface area contributed by atoms with Gasteiger partial charge in [0.15, 0.2) is 0 Å². The van der Waals surface area contributed by atoms with Gasteiger partial charge >= 0.3 is 0 Å². The van der Waals surface area contributed by atoms with Crippen molar-refractivity contribution in [3.8, 4) is 11.3 Å². The Bertz CT molecular complexity index is 803. The monoisotopic (exact) mass is 408 g/mol. The molecular formula is C26H36N2O2. The number of hydrogen-bond donors (Lipinski definition) is 1. The molecule has 0 radical (unpaired) electrons. The predicted molar refractivity (Wildman–Crippen MR) is 119 cm³/mol. The summed E-state index contributed by atoms with van der Waals surface area (Å²) in [4.78, 5) is 14.9. The Balaban J connectivity index is 1.12. The lowest BCUT2D eigenvalue weighted by molar-refractivity contribution is -0.128. The van der Waals surface area contributed by atoms with Crippen molar-refractivity contribution in [2.24, 2.45) is 11.8 Å². The first-order chi connectivity index (χ1) is 14.8. The SMILES string of the molecule is O=C(N[C@H]1CC[C@H](CCN2CCCCC2c2coc3cccc-3c2)CC1)C1CCC1. The maximum Gasteiger partial charge on any atom is 0.223 e. The minimum atomic E-state index is 0.318. The lowest BCUT2D eigenvalue weighted by atomic mass is 9.82. The van der Waals surface area contributed by atoms with Gasteiger partial charge in [-0.15, -0.1) is 0 Å². The number of amides is 1. The van der Waals surface area contributed by atoms with Gasteiger partial charge in [0, 0.05) is 29.1 Å². The fraction of sp³-hybridized carbons (Fsp3) is 0.654. The summed E-state index contributed by atoms with van der Waals surface area (Å²) in [6.07, 6.45) is 15.4. The number of likely N-dealkylation sites (tertiary alicyclic amines) is 1. The van der Waals surface area contributed by atoms with E-state index < -0.39 is 0 Å². The summed E-state index contributed by atoms with van der Waals surface area (Å²) in [5, 5.41) is 3.33. The Morgan fingerprint density at radius 3 is 2.70 bits per heavy atom. The molecule has 0 aromatic heterocycles. The van der Waals surface area contributed by atoms with Crippen molar-refractivity contribution in [3.63, 3.8) is 0 Å². The molecule has 1 amide bonds.